The predicted molar refractivity (Wildman–Crippen MR) is 91.0 cm³/mol. The molecule has 4 amide bonds. The van der Waals surface area contributed by atoms with Crippen molar-refractivity contribution in [3.8, 4) is 5.75 Å². The molecular weight excluding hydrogens is 338 g/mol. The van der Waals surface area contributed by atoms with Gasteiger partial charge in [0.1, 0.15) is 11.8 Å². The Morgan fingerprint density at radius 1 is 1.27 bits per heavy atom. The van der Waals surface area contributed by atoms with Gasteiger partial charge in [-0.1, -0.05) is 6.07 Å². The molecule has 0 radical (unpaired) electrons. The van der Waals surface area contributed by atoms with E-state index in [1.54, 1.807) is 12.1 Å². The molecule has 1 unspecified atom stereocenters. The van der Waals surface area contributed by atoms with Crippen molar-refractivity contribution in [2.45, 2.75) is 44.7 Å². The number of hydrogen-bond donors (Lipinski definition) is 2. The quantitative estimate of drug-likeness (QED) is 0.542. The zero-order valence-electron chi connectivity index (χ0n) is 14.3. The van der Waals surface area contributed by atoms with E-state index < -0.39 is 11.9 Å². The molecule has 0 aliphatic carbocycles. The summed E-state index contributed by atoms with van der Waals surface area (Å²) in [5.74, 6) is -0.715. The molecule has 8 nitrogen and oxygen atoms in total. The normalized spacial score (nSPS) is 19.3. The molecule has 0 aromatic heterocycles. The molecule has 8 heteroatoms. The molecule has 0 saturated carbocycles. The van der Waals surface area contributed by atoms with Crippen molar-refractivity contribution < 1.29 is 23.9 Å². The highest BCUT2D eigenvalue weighted by Gasteiger charge is 2.39. The summed E-state index contributed by atoms with van der Waals surface area (Å²) in [6.45, 7) is 0.774. The number of carbonyl (C=O) groups excluding carboxylic acids is 4. The number of carbonyl (C=O) groups is 4. The minimum Gasteiger partial charge on any atom is -0.494 e. The van der Waals surface area contributed by atoms with Crippen molar-refractivity contribution in [3.05, 3.63) is 29.3 Å². The highest BCUT2D eigenvalue weighted by Crippen LogP contribution is 2.30. The van der Waals surface area contributed by atoms with Crippen molar-refractivity contribution in [2.75, 3.05) is 6.61 Å². The molecule has 1 fully saturated rings. The van der Waals surface area contributed by atoms with E-state index in [0.29, 0.717) is 50.1 Å². The molecule has 3 rings (SSSR count). The Balaban J connectivity index is 1.61. The lowest BCUT2D eigenvalue weighted by atomic mass is 10.0. The number of nitrogens with one attached hydrogen (secondary N) is 1. The summed E-state index contributed by atoms with van der Waals surface area (Å²) in [5, 5.41) is 2.28. The smallest absolute Gasteiger partial charge is 0.255 e. The summed E-state index contributed by atoms with van der Waals surface area (Å²) in [6, 6.07) is 4.66. The lowest BCUT2D eigenvalue weighted by Crippen LogP contribution is -2.52. The third-order valence-corrected chi connectivity index (χ3v) is 4.59. The first-order valence-corrected chi connectivity index (χ1v) is 8.64. The highest BCUT2D eigenvalue weighted by atomic mass is 16.5. The summed E-state index contributed by atoms with van der Waals surface area (Å²) in [5.41, 5.74) is 6.44. The van der Waals surface area contributed by atoms with Crippen molar-refractivity contribution in [2.24, 2.45) is 5.73 Å². The molecule has 138 valence electrons. The number of nitrogens with zero attached hydrogens (tertiary/aromatic N) is 1. The molecule has 2 aliphatic rings. The van der Waals surface area contributed by atoms with Gasteiger partial charge in [-0.15, -0.1) is 0 Å². The van der Waals surface area contributed by atoms with Crippen LogP contribution in [0, 0.1) is 0 Å². The van der Waals surface area contributed by atoms with Crippen LogP contribution in [-0.4, -0.2) is 41.2 Å². The average molecular weight is 359 g/mol. The number of amides is 4. The fourth-order valence-corrected chi connectivity index (χ4v) is 3.21. The lowest BCUT2D eigenvalue weighted by molar-refractivity contribution is -0.137. The topological polar surface area (TPSA) is 119 Å². The van der Waals surface area contributed by atoms with Gasteiger partial charge in [0, 0.05) is 24.9 Å². The minimum absolute atomic E-state index is 0.228. The number of benzene rings is 1. The Bertz CT molecular complexity index is 761. The molecule has 3 N–H and O–H groups in total. The van der Waals surface area contributed by atoms with Crippen LogP contribution >= 0.6 is 0 Å². The number of piperidine rings is 1. The minimum atomic E-state index is -0.620. The van der Waals surface area contributed by atoms with E-state index >= 15 is 0 Å². The number of fused-ring (bicyclic) bond motifs is 1. The predicted octanol–water partition coefficient (Wildman–Crippen LogP) is 0.482. The SMILES string of the molecule is NC(=O)CCCCOc1ccc2c(c1)C(=O)N(C1CCC(=O)NC1=O)C2. The van der Waals surface area contributed by atoms with Gasteiger partial charge in [0.05, 0.1) is 6.61 Å². The van der Waals surface area contributed by atoms with Crippen molar-refractivity contribution in [1.29, 1.82) is 0 Å². The Morgan fingerprint density at radius 3 is 2.81 bits per heavy atom. The zero-order valence-corrected chi connectivity index (χ0v) is 14.3. The van der Waals surface area contributed by atoms with Crippen LogP contribution in [0.4, 0.5) is 0 Å². The van der Waals surface area contributed by atoms with Crippen LogP contribution in [-0.2, 0) is 20.9 Å². The largest absolute Gasteiger partial charge is 0.494 e. The molecule has 0 spiro atoms. The number of hydrogen-bond acceptors (Lipinski definition) is 5. The average Bonchev–Trinajstić information content (AvgIpc) is 2.91. The summed E-state index contributed by atoms with van der Waals surface area (Å²) in [4.78, 5) is 48.2. The molecule has 26 heavy (non-hydrogen) atoms. The van der Waals surface area contributed by atoms with E-state index in [4.69, 9.17) is 10.5 Å². The fourth-order valence-electron chi connectivity index (χ4n) is 3.21. The standard InChI is InChI=1S/C18H21N3O5/c19-15(22)3-1-2-8-26-12-5-4-11-10-21(18(25)13(11)9-12)14-6-7-16(23)20-17(14)24/h4-5,9,14H,1-3,6-8,10H2,(H2,19,22)(H,20,23,24). The van der Waals surface area contributed by atoms with E-state index in [2.05, 4.69) is 5.32 Å². The molecule has 0 bridgehead atoms. The number of ether oxygens (including phenoxy) is 1. The maximum Gasteiger partial charge on any atom is 0.255 e. The van der Waals surface area contributed by atoms with Crippen LogP contribution in [0.25, 0.3) is 0 Å². The number of rotatable bonds is 7. The summed E-state index contributed by atoms with van der Waals surface area (Å²) < 4.78 is 5.63. The number of nitrogens with two attached hydrogens (primary N) is 1. The Hall–Kier alpha value is -2.90. The van der Waals surface area contributed by atoms with Crippen LogP contribution in [0.15, 0.2) is 18.2 Å². The van der Waals surface area contributed by atoms with E-state index in [1.165, 1.54) is 4.90 Å². The maximum absolute atomic E-state index is 12.7. The number of imide groups is 1. The van der Waals surface area contributed by atoms with Crippen LogP contribution in [0.2, 0.25) is 0 Å². The van der Waals surface area contributed by atoms with Gasteiger partial charge >= 0.3 is 0 Å². The van der Waals surface area contributed by atoms with E-state index in [0.717, 1.165) is 5.56 Å². The molecule has 1 saturated heterocycles. The first kappa shape index (κ1) is 17.9. The molecule has 1 aromatic carbocycles. The van der Waals surface area contributed by atoms with Gasteiger partial charge in [-0.05, 0) is 37.0 Å². The molecule has 2 aliphatic heterocycles. The monoisotopic (exact) mass is 359 g/mol. The van der Waals surface area contributed by atoms with Gasteiger partial charge in [0.25, 0.3) is 5.91 Å². The van der Waals surface area contributed by atoms with Gasteiger partial charge in [-0.2, -0.15) is 0 Å². The second-order valence-electron chi connectivity index (χ2n) is 6.49. The van der Waals surface area contributed by atoms with E-state index in [1.807, 2.05) is 6.07 Å². The van der Waals surface area contributed by atoms with Crippen LogP contribution in [0.5, 0.6) is 5.75 Å². The van der Waals surface area contributed by atoms with Gasteiger partial charge in [-0.3, -0.25) is 24.5 Å². The summed E-state index contributed by atoms with van der Waals surface area (Å²) in [6.07, 6.45) is 2.25. The molecule has 1 aromatic rings. The van der Waals surface area contributed by atoms with Crippen molar-refractivity contribution >= 4 is 23.6 Å². The fraction of sp³-hybridized carbons (Fsp3) is 0.444. The van der Waals surface area contributed by atoms with Crippen LogP contribution < -0.4 is 15.8 Å². The first-order valence-electron chi connectivity index (χ1n) is 8.64. The maximum atomic E-state index is 12.7. The van der Waals surface area contributed by atoms with Gasteiger partial charge < -0.3 is 15.4 Å². The summed E-state index contributed by atoms with van der Waals surface area (Å²) in [7, 11) is 0. The van der Waals surface area contributed by atoms with E-state index in [-0.39, 0.29) is 24.1 Å². The van der Waals surface area contributed by atoms with Crippen LogP contribution in [0.1, 0.15) is 48.0 Å². The third kappa shape index (κ3) is 3.84. The van der Waals surface area contributed by atoms with Gasteiger partial charge in [0.15, 0.2) is 0 Å². The number of primary amides is 1. The number of unbranched alkanes of at least 4 members (excludes halogenated alkanes) is 1. The van der Waals surface area contributed by atoms with Crippen LogP contribution in [0.3, 0.4) is 0 Å². The molecule has 2 heterocycles. The zero-order chi connectivity index (χ0) is 18.7. The summed E-state index contributed by atoms with van der Waals surface area (Å²) >= 11 is 0. The second kappa shape index (κ2) is 7.55. The Morgan fingerprint density at radius 2 is 2.08 bits per heavy atom. The van der Waals surface area contributed by atoms with Crippen molar-refractivity contribution in [1.82, 2.24) is 10.2 Å². The van der Waals surface area contributed by atoms with Crippen molar-refractivity contribution in [3.63, 3.8) is 0 Å². The highest BCUT2D eigenvalue weighted by molar-refractivity contribution is 6.05. The first-order chi connectivity index (χ1) is 12.5. The van der Waals surface area contributed by atoms with Gasteiger partial charge in [0.2, 0.25) is 17.7 Å². The molecule has 1 atom stereocenters. The molecular formula is C18H21N3O5. The van der Waals surface area contributed by atoms with E-state index in [9.17, 15) is 19.2 Å². The Labute approximate surface area is 150 Å². The lowest BCUT2D eigenvalue weighted by Gasteiger charge is -2.29. The second-order valence-corrected chi connectivity index (χ2v) is 6.49. The van der Waals surface area contributed by atoms with Gasteiger partial charge in [-0.25, -0.2) is 0 Å². The Kier molecular flexibility index (Phi) is 5.20. The third-order valence-electron chi connectivity index (χ3n) is 4.59.